The first-order chi connectivity index (χ1) is 9.11. The van der Waals surface area contributed by atoms with Gasteiger partial charge in [0.1, 0.15) is 4.99 Å². The highest BCUT2D eigenvalue weighted by Gasteiger charge is 2.13. The highest BCUT2D eigenvalue weighted by molar-refractivity contribution is 7.80. The Hall–Kier alpha value is -1.10. The fourth-order valence-electron chi connectivity index (χ4n) is 1.94. The lowest BCUT2D eigenvalue weighted by molar-refractivity contribution is 0.841. The third-order valence-corrected chi connectivity index (χ3v) is 4.19. The van der Waals surface area contributed by atoms with E-state index in [0.29, 0.717) is 10.0 Å². The first-order valence-electron chi connectivity index (χ1n) is 5.98. The molecule has 2 nitrogen and oxygen atoms in total. The largest absolute Gasteiger partial charge is 0.389 e. The maximum atomic E-state index is 6.02. The zero-order valence-electron chi connectivity index (χ0n) is 10.6. The lowest BCUT2D eigenvalue weighted by atomic mass is 10.1. The van der Waals surface area contributed by atoms with Crippen molar-refractivity contribution in [3.8, 4) is 0 Å². The molecule has 2 rings (SSSR count). The van der Waals surface area contributed by atoms with Crippen molar-refractivity contribution in [2.75, 3.05) is 11.4 Å². The van der Waals surface area contributed by atoms with Crippen molar-refractivity contribution in [2.45, 2.75) is 13.5 Å². The van der Waals surface area contributed by atoms with Crippen molar-refractivity contribution in [3.05, 3.63) is 51.2 Å². The Morgan fingerprint density at radius 3 is 2.79 bits per heavy atom. The Labute approximate surface area is 127 Å². The predicted molar refractivity (Wildman–Crippen MR) is 88.4 cm³/mol. The van der Waals surface area contributed by atoms with Gasteiger partial charge in [0.2, 0.25) is 0 Å². The number of nitrogens with two attached hydrogens (primary N) is 1. The molecule has 0 spiro atoms. The lowest BCUT2D eigenvalue weighted by Gasteiger charge is -2.25. The maximum absolute atomic E-state index is 6.02. The second-order valence-corrected chi connectivity index (χ2v) is 6.03. The summed E-state index contributed by atoms with van der Waals surface area (Å²) < 4.78 is 0. The van der Waals surface area contributed by atoms with Crippen molar-refractivity contribution < 1.29 is 0 Å². The second kappa shape index (κ2) is 6.37. The van der Waals surface area contributed by atoms with Crippen LogP contribution in [0.4, 0.5) is 5.69 Å². The molecule has 0 radical (unpaired) electrons. The summed E-state index contributed by atoms with van der Waals surface area (Å²) >= 11 is 12.9. The molecule has 0 amide bonds. The molecule has 2 N–H and O–H groups in total. The van der Waals surface area contributed by atoms with E-state index in [1.165, 1.54) is 4.88 Å². The summed E-state index contributed by atoms with van der Waals surface area (Å²) in [5.41, 5.74) is 7.67. The number of thiocarbonyl (C=S) groups is 1. The van der Waals surface area contributed by atoms with Crippen molar-refractivity contribution in [1.82, 2.24) is 0 Å². The van der Waals surface area contributed by atoms with Gasteiger partial charge in [0.15, 0.2) is 0 Å². The van der Waals surface area contributed by atoms with E-state index >= 15 is 0 Å². The van der Waals surface area contributed by atoms with Crippen LogP contribution in [-0.4, -0.2) is 11.5 Å². The minimum atomic E-state index is 0.377. The zero-order valence-corrected chi connectivity index (χ0v) is 13.0. The molecule has 0 aliphatic carbocycles. The van der Waals surface area contributed by atoms with Crippen LogP contribution in [0.2, 0.25) is 5.02 Å². The summed E-state index contributed by atoms with van der Waals surface area (Å²) in [6, 6.07) is 9.87. The molecule has 0 aliphatic heterocycles. The van der Waals surface area contributed by atoms with Crippen molar-refractivity contribution in [3.63, 3.8) is 0 Å². The third kappa shape index (κ3) is 3.47. The number of nitrogens with zero attached hydrogens (tertiary/aromatic N) is 1. The topological polar surface area (TPSA) is 29.3 Å². The minimum absolute atomic E-state index is 0.377. The van der Waals surface area contributed by atoms with Gasteiger partial charge in [-0.3, -0.25) is 0 Å². The SMILES string of the molecule is CCN(Cc1cccs1)c1ccc(Cl)cc1C(N)=S. The van der Waals surface area contributed by atoms with Crippen LogP contribution < -0.4 is 10.6 Å². The molecule has 1 aromatic carbocycles. The van der Waals surface area contributed by atoms with Gasteiger partial charge < -0.3 is 10.6 Å². The number of hydrogen-bond acceptors (Lipinski definition) is 3. The van der Waals surface area contributed by atoms with Gasteiger partial charge in [-0.15, -0.1) is 11.3 Å². The molecule has 100 valence electrons. The summed E-state index contributed by atoms with van der Waals surface area (Å²) in [5, 5.41) is 2.73. The average Bonchev–Trinajstić information content (AvgIpc) is 2.89. The lowest BCUT2D eigenvalue weighted by Crippen LogP contribution is -2.25. The Morgan fingerprint density at radius 1 is 1.42 bits per heavy atom. The smallest absolute Gasteiger partial charge is 0.106 e. The molecule has 0 saturated carbocycles. The summed E-state index contributed by atoms with van der Waals surface area (Å²) in [5.74, 6) is 0. The molecule has 0 unspecified atom stereocenters. The van der Waals surface area contributed by atoms with Crippen molar-refractivity contribution in [2.24, 2.45) is 5.73 Å². The number of hydrogen-bond donors (Lipinski definition) is 1. The fraction of sp³-hybridized carbons (Fsp3) is 0.214. The van der Waals surface area contributed by atoms with Gasteiger partial charge in [0.05, 0.1) is 6.54 Å². The molecule has 0 bridgehead atoms. The van der Waals surface area contributed by atoms with Crippen LogP contribution in [0.1, 0.15) is 17.4 Å². The number of rotatable bonds is 5. The van der Waals surface area contributed by atoms with Crippen LogP contribution >= 0.6 is 35.2 Å². The highest BCUT2D eigenvalue weighted by atomic mass is 35.5. The molecule has 0 atom stereocenters. The molecule has 0 fully saturated rings. The van der Waals surface area contributed by atoms with E-state index in [1.54, 1.807) is 11.3 Å². The molecule has 1 aromatic heterocycles. The number of anilines is 1. The van der Waals surface area contributed by atoms with Crippen molar-refractivity contribution >= 4 is 45.8 Å². The van der Waals surface area contributed by atoms with Gasteiger partial charge >= 0.3 is 0 Å². The van der Waals surface area contributed by atoms with E-state index in [1.807, 2.05) is 18.2 Å². The molecule has 2 aromatic rings. The molecule has 0 saturated heterocycles. The standard InChI is InChI=1S/C14H15ClN2S2/c1-2-17(9-11-4-3-7-19-11)13-6-5-10(15)8-12(13)14(16)18/h3-8H,2,9H2,1H3,(H2,16,18). The summed E-state index contributed by atoms with van der Waals surface area (Å²) in [4.78, 5) is 3.93. The van der Waals surface area contributed by atoms with E-state index in [0.717, 1.165) is 24.3 Å². The first-order valence-corrected chi connectivity index (χ1v) is 7.65. The van der Waals surface area contributed by atoms with Crippen LogP contribution in [0.15, 0.2) is 35.7 Å². The molecular weight excluding hydrogens is 296 g/mol. The Kier molecular flexibility index (Phi) is 4.80. The van der Waals surface area contributed by atoms with Gasteiger partial charge in [-0.05, 0) is 36.6 Å². The normalized spacial score (nSPS) is 10.4. The minimum Gasteiger partial charge on any atom is -0.389 e. The van der Waals surface area contributed by atoms with Gasteiger partial charge in [-0.2, -0.15) is 0 Å². The van der Waals surface area contributed by atoms with Crippen LogP contribution in [-0.2, 0) is 6.54 Å². The Balaban J connectivity index is 2.35. The van der Waals surface area contributed by atoms with Gasteiger partial charge in [-0.1, -0.05) is 29.9 Å². The van der Waals surface area contributed by atoms with Crippen LogP contribution in [0.3, 0.4) is 0 Å². The average molecular weight is 311 g/mol. The monoisotopic (exact) mass is 310 g/mol. The van der Waals surface area contributed by atoms with Crippen LogP contribution in [0.5, 0.6) is 0 Å². The van der Waals surface area contributed by atoms with Crippen LogP contribution in [0.25, 0.3) is 0 Å². The molecule has 5 heteroatoms. The Bertz CT molecular complexity index is 567. The Morgan fingerprint density at radius 2 is 2.21 bits per heavy atom. The quantitative estimate of drug-likeness (QED) is 0.844. The van der Waals surface area contributed by atoms with Crippen LogP contribution in [0, 0.1) is 0 Å². The maximum Gasteiger partial charge on any atom is 0.106 e. The van der Waals surface area contributed by atoms with E-state index < -0.39 is 0 Å². The molecular formula is C14H15ClN2S2. The summed E-state index contributed by atoms with van der Waals surface area (Å²) in [6.45, 7) is 3.85. The van der Waals surface area contributed by atoms with E-state index in [2.05, 4.69) is 29.3 Å². The molecule has 19 heavy (non-hydrogen) atoms. The van der Waals surface area contributed by atoms with Crippen molar-refractivity contribution in [1.29, 1.82) is 0 Å². The van der Waals surface area contributed by atoms with E-state index in [4.69, 9.17) is 29.6 Å². The highest BCUT2D eigenvalue weighted by Crippen LogP contribution is 2.26. The van der Waals surface area contributed by atoms with Gasteiger partial charge in [-0.25, -0.2) is 0 Å². The van der Waals surface area contributed by atoms with Gasteiger partial charge in [0, 0.05) is 27.7 Å². The third-order valence-electron chi connectivity index (χ3n) is 2.87. The fourth-order valence-corrected chi connectivity index (χ4v) is 2.99. The first kappa shape index (κ1) is 14.3. The van der Waals surface area contributed by atoms with Gasteiger partial charge in [0.25, 0.3) is 0 Å². The van der Waals surface area contributed by atoms with E-state index in [-0.39, 0.29) is 0 Å². The number of halogens is 1. The second-order valence-electron chi connectivity index (χ2n) is 4.12. The number of benzene rings is 1. The molecule has 0 aliphatic rings. The zero-order chi connectivity index (χ0) is 13.8. The van der Waals surface area contributed by atoms with E-state index in [9.17, 15) is 0 Å². The summed E-state index contributed by atoms with van der Waals surface area (Å²) in [6.07, 6.45) is 0. The number of thiophene rings is 1. The summed E-state index contributed by atoms with van der Waals surface area (Å²) in [7, 11) is 0. The molecule has 1 heterocycles. The predicted octanol–water partition coefficient (Wildman–Crippen LogP) is 4.06.